The van der Waals surface area contributed by atoms with E-state index in [0.29, 0.717) is 0 Å². The van der Waals surface area contributed by atoms with E-state index in [-0.39, 0.29) is 0 Å². The summed E-state index contributed by atoms with van der Waals surface area (Å²) >= 11 is 0. The van der Waals surface area contributed by atoms with Crippen LogP contribution in [0.1, 0.15) is 38.8 Å². The summed E-state index contributed by atoms with van der Waals surface area (Å²) in [5, 5.41) is 0. The van der Waals surface area contributed by atoms with Gasteiger partial charge in [-0.05, 0) is 51.3 Å². The highest BCUT2D eigenvalue weighted by Gasteiger charge is 2.09. The molecule has 0 aliphatic heterocycles. The molecule has 0 unspecified atom stereocenters. The molecule has 0 aliphatic carbocycles. The van der Waals surface area contributed by atoms with Crippen LogP contribution in [-0.2, 0) is 0 Å². The Hall–Kier alpha value is -1.76. The maximum absolute atomic E-state index is 6.06. The minimum absolute atomic E-state index is 0.844. The molecule has 0 radical (unpaired) electrons. The molecule has 0 amide bonds. The Morgan fingerprint density at radius 3 is 1.83 bits per heavy atom. The van der Waals surface area contributed by atoms with Crippen molar-refractivity contribution in [2.24, 2.45) is 5.73 Å². The molecule has 1 rings (SSSR count). The van der Waals surface area contributed by atoms with Gasteiger partial charge in [-0.1, -0.05) is 42.0 Å². The summed E-state index contributed by atoms with van der Waals surface area (Å²) < 4.78 is 0. The molecular formula is C17H23N. The van der Waals surface area contributed by atoms with E-state index >= 15 is 0 Å². The zero-order valence-electron chi connectivity index (χ0n) is 12.1. The first-order valence-corrected chi connectivity index (χ1v) is 6.21. The summed E-state index contributed by atoms with van der Waals surface area (Å²) in [4.78, 5) is 0. The van der Waals surface area contributed by atoms with Crippen molar-refractivity contribution in [3.8, 4) is 0 Å². The van der Waals surface area contributed by atoms with Gasteiger partial charge < -0.3 is 5.73 Å². The topological polar surface area (TPSA) is 26.0 Å². The van der Waals surface area contributed by atoms with Gasteiger partial charge in [0, 0.05) is 11.3 Å². The van der Waals surface area contributed by atoms with Crippen molar-refractivity contribution in [3.63, 3.8) is 0 Å². The lowest BCUT2D eigenvalue weighted by Crippen LogP contribution is -2.01. The summed E-state index contributed by atoms with van der Waals surface area (Å²) in [6.07, 6.45) is 0. The summed E-state index contributed by atoms with van der Waals surface area (Å²) in [6.45, 7) is 14.3. The van der Waals surface area contributed by atoms with E-state index in [0.717, 1.165) is 16.8 Å². The second kappa shape index (κ2) is 5.72. The molecule has 1 nitrogen and oxygen atoms in total. The highest BCUT2D eigenvalue weighted by molar-refractivity contribution is 5.81. The lowest BCUT2D eigenvalue weighted by molar-refractivity contribution is 1.24. The van der Waals surface area contributed by atoms with Gasteiger partial charge in [-0.2, -0.15) is 0 Å². The fourth-order valence-corrected chi connectivity index (χ4v) is 1.97. The van der Waals surface area contributed by atoms with E-state index in [2.05, 4.69) is 51.6 Å². The largest absolute Gasteiger partial charge is 0.402 e. The number of aryl methyl sites for hydroxylation is 1. The second-order valence-electron chi connectivity index (χ2n) is 4.95. The first-order valence-electron chi connectivity index (χ1n) is 6.21. The summed E-state index contributed by atoms with van der Waals surface area (Å²) in [7, 11) is 0. The zero-order valence-corrected chi connectivity index (χ0v) is 12.1. The molecule has 1 aromatic carbocycles. The third-order valence-electron chi connectivity index (χ3n) is 3.31. The Kier molecular flexibility index (Phi) is 4.55. The van der Waals surface area contributed by atoms with Crippen LogP contribution in [0.3, 0.4) is 0 Å². The summed E-state index contributed by atoms with van der Waals surface area (Å²) in [5.41, 5.74) is 13.9. The van der Waals surface area contributed by atoms with Gasteiger partial charge in [0.1, 0.15) is 0 Å². The van der Waals surface area contributed by atoms with Gasteiger partial charge in [0.2, 0.25) is 0 Å². The van der Waals surface area contributed by atoms with Gasteiger partial charge in [0.25, 0.3) is 0 Å². The number of hydrogen-bond acceptors (Lipinski definition) is 1. The monoisotopic (exact) mass is 241 g/mol. The van der Waals surface area contributed by atoms with Crippen LogP contribution in [0.25, 0.3) is 5.57 Å². The average Bonchev–Trinajstić information content (AvgIpc) is 2.30. The predicted octanol–water partition coefficient (Wildman–Crippen LogP) is 4.60. The first-order chi connectivity index (χ1) is 8.34. The fraction of sp³-hybridized carbons (Fsp3) is 0.294. The Morgan fingerprint density at radius 1 is 0.944 bits per heavy atom. The van der Waals surface area contributed by atoms with Crippen LogP contribution in [-0.4, -0.2) is 0 Å². The Balaban J connectivity index is 3.39. The predicted molar refractivity (Wildman–Crippen MR) is 81.1 cm³/mol. The van der Waals surface area contributed by atoms with Crippen LogP contribution >= 0.6 is 0 Å². The molecular weight excluding hydrogens is 218 g/mol. The molecule has 0 atom stereocenters. The lowest BCUT2D eigenvalue weighted by Gasteiger charge is -2.15. The van der Waals surface area contributed by atoms with Crippen molar-refractivity contribution >= 4 is 5.57 Å². The third kappa shape index (κ3) is 3.13. The van der Waals surface area contributed by atoms with Crippen molar-refractivity contribution in [1.29, 1.82) is 0 Å². The normalized spacial score (nSPS) is 13.8. The smallest absolute Gasteiger partial charge is 0.0131 e. The van der Waals surface area contributed by atoms with E-state index in [9.17, 15) is 0 Å². The Labute approximate surface area is 111 Å². The van der Waals surface area contributed by atoms with E-state index in [1.807, 2.05) is 13.8 Å². The molecule has 0 saturated carbocycles. The van der Waals surface area contributed by atoms with Crippen molar-refractivity contribution < 1.29 is 0 Å². The minimum Gasteiger partial charge on any atom is -0.402 e. The highest BCUT2D eigenvalue weighted by atomic mass is 14.6. The number of benzene rings is 1. The molecule has 0 aliphatic rings. The van der Waals surface area contributed by atoms with Crippen LogP contribution < -0.4 is 5.73 Å². The van der Waals surface area contributed by atoms with E-state index in [4.69, 9.17) is 5.73 Å². The number of nitrogens with two attached hydrogens (primary N) is 1. The zero-order chi connectivity index (χ0) is 13.9. The van der Waals surface area contributed by atoms with Crippen molar-refractivity contribution in [2.75, 3.05) is 0 Å². The lowest BCUT2D eigenvalue weighted by atomic mass is 9.91. The molecule has 96 valence electrons. The number of hydrogen-bond donors (Lipinski definition) is 1. The van der Waals surface area contributed by atoms with Crippen molar-refractivity contribution in [3.05, 3.63) is 64.4 Å². The SMILES string of the molecule is C=C(C)/C(C)=C(C)\C(=C(\C)N)c1ccc(C)cc1. The van der Waals surface area contributed by atoms with Gasteiger partial charge in [-0.25, -0.2) is 0 Å². The molecule has 0 heterocycles. The second-order valence-corrected chi connectivity index (χ2v) is 4.95. The van der Waals surface area contributed by atoms with Crippen LogP contribution in [0.15, 0.2) is 53.3 Å². The average molecular weight is 241 g/mol. The van der Waals surface area contributed by atoms with Crippen molar-refractivity contribution in [1.82, 2.24) is 0 Å². The highest BCUT2D eigenvalue weighted by Crippen LogP contribution is 2.29. The van der Waals surface area contributed by atoms with Crippen molar-refractivity contribution in [2.45, 2.75) is 34.6 Å². The van der Waals surface area contributed by atoms with Gasteiger partial charge in [0.05, 0.1) is 0 Å². The molecule has 18 heavy (non-hydrogen) atoms. The van der Waals surface area contributed by atoms with E-state index < -0.39 is 0 Å². The first kappa shape index (κ1) is 14.3. The summed E-state index contributed by atoms with van der Waals surface area (Å²) in [5.74, 6) is 0. The third-order valence-corrected chi connectivity index (χ3v) is 3.31. The molecule has 0 aromatic heterocycles. The standard InChI is InChI=1S/C17H23N/c1-11(2)13(4)14(5)17(15(6)18)16-9-7-12(3)8-10-16/h7-10H,1,18H2,2-6H3/b14-13-,17-15+. The molecule has 1 aromatic rings. The Bertz CT molecular complexity index is 509. The van der Waals surface area contributed by atoms with E-state index in [1.54, 1.807) is 0 Å². The van der Waals surface area contributed by atoms with Crippen LogP contribution in [0.5, 0.6) is 0 Å². The molecule has 2 N–H and O–H groups in total. The maximum Gasteiger partial charge on any atom is 0.0131 e. The van der Waals surface area contributed by atoms with E-state index in [1.165, 1.54) is 22.3 Å². The van der Waals surface area contributed by atoms with Gasteiger partial charge >= 0.3 is 0 Å². The van der Waals surface area contributed by atoms with Crippen LogP contribution in [0.4, 0.5) is 0 Å². The maximum atomic E-state index is 6.06. The molecule has 0 bridgehead atoms. The van der Waals surface area contributed by atoms with Gasteiger partial charge in [-0.15, -0.1) is 0 Å². The quantitative estimate of drug-likeness (QED) is 0.769. The molecule has 0 spiro atoms. The summed E-state index contributed by atoms with van der Waals surface area (Å²) in [6, 6.07) is 8.47. The number of rotatable bonds is 3. The van der Waals surface area contributed by atoms with Crippen LogP contribution in [0, 0.1) is 6.92 Å². The molecule has 0 saturated heterocycles. The van der Waals surface area contributed by atoms with Gasteiger partial charge in [-0.3, -0.25) is 0 Å². The molecule has 0 fully saturated rings. The van der Waals surface area contributed by atoms with Gasteiger partial charge in [0.15, 0.2) is 0 Å². The Morgan fingerprint density at radius 2 is 1.44 bits per heavy atom. The minimum atomic E-state index is 0.844. The molecule has 1 heteroatoms. The van der Waals surface area contributed by atoms with Crippen LogP contribution in [0.2, 0.25) is 0 Å². The number of allylic oxidation sites excluding steroid dienone is 5. The fourth-order valence-electron chi connectivity index (χ4n) is 1.97.